The van der Waals surface area contributed by atoms with E-state index in [1.54, 1.807) is 0 Å². The van der Waals surface area contributed by atoms with Crippen molar-refractivity contribution in [2.24, 2.45) is 17.2 Å². The molecular formula is C39H95Cl2N3O12Si6. The molecule has 0 aromatic rings. The van der Waals surface area contributed by atoms with Crippen molar-refractivity contribution in [1.29, 1.82) is 0 Å². The Morgan fingerprint density at radius 1 is 0.597 bits per heavy atom. The standard InChI is InChI=1S/C20H47NO6Si3.C13H32O4Si3.C6H14N2O2.2ClH/c1-28(2,3)26-30(6,7)27-29(4,5)16-12-15-25-17-18(22)13-10-8-9-11-14-19(21)20(23)24;1-18(2,3)16-20(6,7)17-19(4,5)10-8-9-14-11-13-12-15-13;7-4-2-1-3-5(8)6(9)10;;/h18-19,22H,8-17,21H2,1-7H3,(H,23,24);13H,8-12H2,1-7H3;5H,1-4,7-8H2,(H,9,10);2*1H/t18?,19-;;5-;;/m0.0../s1. The fraction of sp³-hybridized carbons (Fsp3) is 0.949. The quantitative estimate of drug-likeness (QED) is 0.0206. The van der Waals surface area contributed by atoms with Crippen LogP contribution in [0.3, 0.4) is 0 Å². The average molecular weight is 1040 g/mol. The minimum Gasteiger partial charge on any atom is -0.480 e. The van der Waals surface area contributed by atoms with Gasteiger partial charge in [-0.15, -0.1) is 24.8 Å². The van der Waals surface area contributed by atoms with Gasteiger partial charge >= 0.3 is 29.1 Å². The summed E-state index contributed by atoms with van der Waals surface area (Å²) >= 11 is 0. The van der Waals surface area contributed by atoms with Crippen LogP contribution < -0.4 is 17.2 Å². The van der Waals surface area contributed by atoms with Crippen molar-refractivity contribution in [3.8, 4) is 0 Å². The number of hydrogen-bond donors (Lipinski definition) is 6. The maximum atomic E-state index is 10.6. The van der Waals surface area contributed by atoms with Crippen molar-refractivity contribution >= 4 is 87.1 Å². The summed E-state index contributed by atoms with van der Waals surface area (Å²) in [6, 6.07) is 0.673. The molecule has 0 saturated carbocycles. The number of halogens is 2. The molecule has 62 heavy (non-hydrogen) atoms. The molecular weight excluding hydrogens is 942 g/mol. The summed E-state index contributed by atoms with van der Waals surface area (Å²) in [5.41, 5.74) is 15.9. The fourth-order valence-corrected chi connectivity index (χ4v) is 33.0. The summed E-state index contributed by atoms with van der Waals surface area (Å²) in [5, 5.41) is 27.1. The zero-order valence-electron chi connectivity index (χ0n) is 41.3. The summed E-state index contributed by atoms with van der Waals surface area (Å²) in [6.07, 6.45) is 8.96. The van der Waals surface area contributed by atoms with Crippen molar-refractivity contribution in [3.05, 3.63) is 0 Å². The number of carbonyl (C=O) groups is 2. The normalized spacial score (nSPS) is 16.0. The van der Waals surface area contributed by atoms with E-state index < -0.39 is 80.5 Å². The molecule has 1 aliphatic rings. The Morgan fingerprint density at radius 2 is 0.968 bits per heavy atom. The second-order valence-corrected chi connectivity index (χ2v) is 45.4. The van der Waals surface area contributed by atoms with Crippen LogP contribution >= 0.6 is 24.8 Å². The molecule has 0 spiro atoms. The van der Waals surface area contributed by atoms with Gasteiger partial charge in [0.1, 0.15) is 18.2 Å². The fourth-order valence-electron chi connectivity index (χ4n) is 6.68. The van der Waals surface area contributed by atoms with E-state index >= 15 is 0 Å². The molecule has 0 aromatic heterocycles. The van der Waals surface area contributed by atoms with Crippen LogP contribution in [-0.4, -0.2) is 142 Å². The Morgan fingerprint density at radius 3 is 1.32 bits per heavy atom. The van der Waals surface area contributed by atoms with Crippen LogP contribution in [0.5, 0.6) is 0 Å². The zero-order valence-corrected chi connectivity index (χ0v) is 48.9. The Kier molecular flexibility index (Phi) is 38.5. The SMILES string of the molecule is C[Si](C)(C)O[Si](C)(C)O[Si](C)(C)CCCOCC(O)CCCCCC[C@H](N)C(=O)O.C[Si](C)(C)O[Si](C)(C)O[Si](C)(C)CCCOCC1CO1.Cl.Cl.NCCCC[C@H](N)C(=O)O. The molecule has 1 rings (SSSR count). The van der Waals surface area contributed by atoms with Gasteiger partial charge in [0.25, 0.3) is 0 Å². The minimum absolute atomic E-state index is 0. The van der Waals surface area contributed by atoms with Crippen LogP contribution in [0.1, 0.15) is 70.6 Å². The van der Waals surface area contributed by atoms with E-state index in [1.807, 2.05) is 0 Å². The number of aliphatic hydroxyl groups excluding tert-OH is 1. The molecule has 0 aromatic carbocycles. The summed E-state index contributed by atoms with van der Waals surface area (Å²) in [5.74, 6) is -1.87. The molecule has 0 radical (unpaired) electrons. The first-order chi connectivity index (χ1) is 27.3. The van der Waals surface area contributed by atoms with Crippen molar-refractivity contribution in [1.82, 2.24) is 0 Å². The first-order valence-electron chi connectivity index (χ1n) is 22.2. The lowest BCUT2D eigenvalue weighted by Gasteiger charge is -2.37. The van der Waals surface area contributed by atoms with Crippen LogP contribution in [0, 0.1) is 0 Å². The maximum Gasteiger partial charge on any atom is 0.320 e. The number of nitrogens with two attached hydrogens (primary N) is 3. The number of rotatable bonds is 33. The van der Waals surface area contributed by atoms with Gasteiger partial charge in [0.2, 0.25) is 0 Å². The van der Waals surface area contributed by atoms with Gasteiger partial charge in [-0.1, -0.05) is 32.1 Å². The number of carboxylic acid groups (broad SMARTS) is 2. The highest BCUT2D eigenvalue weighted by atomic mass is 35.5. The average Bonchev–Trinajstić information content (AvgIpc) is 3.87. The predicted octanol–water partition coefficient (Wildman–Crippen LogP) is 8.22. The van der Waals surface area contributed by atoms with Gasteiger partial charge in [0.15, 0.2) is 33.3 Å². The zero-order chi connectivity index (χ0) is 46.8. The van der Waals surface area contributed by atoms with E-state index in [4.69, 9.17) is 58.1 Å². The Hall–Kier alpha value is 0.381. The molecule has 0 aliphatic carbocycles. The molecule has 2 unspecified atom stereocenters. The molecule has 1 fully saturated rings. The highest BCUT2D eigenvalue weighted by Crippen LogP contribution is 2.25. The molecule has 0 amide bonds. The summed E-state index contributed by atoms with van der Waals surface area (Å²) < 4.78 is 41.9. The number of unbranched alkanes of at least 4 members (excludes halogenated alkanes) is 4. The van der Waals surface area contributed by atoms with Gasteiger partial charge < -0.3 is 63.2 Å². The van der Waals surface area contributed by atoms with E-state index in [9.17, 15) is 14.7 Å². The van der Waals surface area contributed by atoms with E-state index in [0.717, 1.165) is 83.3 Å². The van der Waals surface area contributed by atoms with E-state index in [0.29, 0.717) is 45.1 Å². The number of carboxylic acids is 2. The van der Waals surface area contributed by atoms with Gasteiger partial charge in [0, 0.05) is 13.2 Å². The largest absolute Gasteiger partial charge is 0.480 e. The third kappa shape index (κ3) is 46.9. The molecule has 23 heteroatoms. The summed E-state index contributed by atoms with van der Waals surface area (Å²) in [7, 11) is -10.6. The van der Waals surface area contributed by atoms with Gasteiger partial charge in [-0.05, 0) is 149 Å². The molecule has 1 aliphatic heterocycles. The minimum atomic E-state index is -2.09. The van der Waals surface area contributed by atoms with Gasteiger partial charge in [0.05, 0.1) is 25.9 Å². The Balaban J connectivity index is -0.000000451. The van der Waals surface area contributed by atoms with Gasteiger partial charge in [-0.25, -0.2) is 0 Å². The molecule has 1 saturated heterocycles. The van der Waals surface area contributed by atoms with Crippen LogP contribution in [0.2, 0.25) is 104 Å². The maximum absolute atomic E-state index is 10.6. The highest BCUT2D eigenvalue weighted by Gasteiger charge is 2.39. The van der Waals surface area contributed by atoms with E-state index in [-0.39, 0.29) is 24.8 Å². The van der Waals surface area contributed by atoms with Crippen LogP contribution in [-0.2, 0) is 40.3 Å². The Labute approximate surface area is 396 Å². The van der Waals surface area contributed by atoms with Crippen LogP contribution in [0.15, 0.2) is 0 Å². The number of hydrogen-bond acceptors (Lipinski definition) is 13. The third-order valence-electron chi connectivity index (χ3n) is 8.71. The lowest BCUT2D eigenvalue weighted by molar-refractivity contribution is -0.139. The monoisotopic (exact) mass is 1040 g/mol. The second kappa shape index (κ2) is 34.6. The first-order valence-corrected chi connectivity index (χ1v) is 40.9. The van der Waals surface area contributed by atoms with Gasteiger partial charge in [-0.2, -0.15) is 0 Å². The molecule has 1 heterocycles. The number of ether oxygens (including phenoxy) is 3. The molecule has 0 bridgehead atoms. The summed E-state index contributed by atoms with van der Waals surface area (Å²) in [4.78, 5) is 20.8. The number of aliphatic carboxylic acids is 2. The van der Waals surface area contributed by atoms with Crippen molar-refractivity contribution in [3.63, 3.8) is 0 Å². The topological polar surface area (TPSA) is 241 Å². The molecule has 4 atom stereocenters. The number of epoxide rings is 1. The number of aliphatic hydroxyl groups is 1. The van der Waals surface area contributed by atoms with E-state index in [1.165, 1.54) is 0 Å². The molecule has 376 valence electrons. The van der Waals surface area contributed by atoms with Crippen molar-refractivity contribution in [2.75, 3.05) is 39.6 Å². The first kappa shape index (κ1) is 69.0. The van der Waals surface area contributed by atoms with Crippen LogP contribution in [0.4, 0.5) is 0 Å². The predicted molar refractivity (Wildman–Crippen MR) is 274 cm³/mol. The van der Waals surface area contributed by atoms with Crippen LogP contribution in [0.25, 0.3) is 0 Å². The van der Waals surface area contributed by atoms with Gasteiger partial charge in [-0.3, -0.25) is 9.59 Å². The Bertz CT molecular complexity index is 1160. The van der Waals surface area contributed by atoms with E-state index in [2.05, 4.69) is 91.7 Å². The molecule has 15 nitrogen and oxygen atoms in total. The second-order valence-electron chi connectivity index (χ2n) is 20.1. The smallest absolute Gasteiger partial charge is 0.320 e. The highest BCUT2D eigenvalue weighted by molar-refractivity contribution is 6.88. The van der Waals surface area contributed by atoms with Crippen molar-refractivity contribution < 1.29 is 55.6 Å². The third-order valence-corrected chi connectivity index (χ3v) is 29.0. The lowest BCUT2D eigenvalue weighted by Crippen LogP contribution is -2.51. The van der Waals surface area contributed by atoms with Crippen molar-refractivity contribution in [2.45, 2.75) is 199 Å². The lowest BCUT2D eigenvalue weighted by atomic mass is 10.1. The summed E-state index contributed by atoms with van der Waals surface area (Å²) in [6.45, 7) is 35.1. The molecule has 9 N–H and O–H groups in total.